The van der Waals surface area contributed by atoms with E-state index in [9.17, 15) is 13.2 Å². The predicted octanol–water partition coefficient (Wildman–Crippen LogP) is 4.25. The van der Waals surface area contributed by atoms with Gasteiger partial charge in [-0.3, -0.25) is 14.5 Å². The topological polar surface area (TPSA) is 43.1 Å². The maximum atomic E-state index is 13.5. The zero-order chi connectivity index (χ0) is 18.5. The maximum Gasteiger partial charge on any atom is 0.416 e. The molecular formula is C19H15F3N4. The van der Waals surface area contributed by atoms with Crippen LogP contribution in [0.5, 0.6) is 0 Å². The summed E-state index contributed by atoms with van der Waals surface area (Å²) in [5.41, 5.74) is 2.37. The van der Waals surface area contributed by atoms with E-state index in [1.807, 2.05) is 11.5 Å². The summed E-state index contributed by atoms with van der Waals surface area (Å²) >= 11 is 0. The van der Waals surface area contributed by atoms with Crippen LogP contribution in [-0.4, -0.2) is 20.2 Å². The second-order valence-electron chi connectivity index (χ2n) is 6.21. The number of imidazole rings is 1. The molecule has 0 saturated heterocycles. The zero-order valence-electron chi connectivity index (χ0n) is 14.2. The summed E-state index contributed by atoms with van der Waals surface area (Å²) in [6.07, 6.45) is -1.13. The normalized spacial score (nSPS) is 13.7. The summed E-state index contributed by atoms with van der Waals surface area (Å²) in [5.74, 6) is 0.689. The molecule has 4 nitrogen and oxygen atoms in total. The molecule has 1 aromatic carbocycles. The number of aromatic nitrogens is 3. The van der Waals surface area contributed by atoms with Gasteiger partial charge in [0.15, 0.2) is 0 Å². The molecule has 0 radical (unpaired) electrons. The van der Waals surface area contributed by atoms with E-state index >= 15 is 0 Å². The van der Waals surface area contributed by atoms with Crippen molar-refractivity contribution in [1.29, 1.82) is 0 Å². The van der Waals surface area contributed by atoms with Gasteiger partial charge in [0.25, 0.3) is 0 Å². The van der Waals surface area contributed by atoms with Gasteiger partial charge in [0.2, 0.25) is 0 Å². The van der Waals surface area contributed by atoms with Crippen molar-refractivity contribution < 1.29 is 13.2 Å². The lowest BCUT2D eigenvalue weighted by molar-refractivity contribution is -0.138. The first-order chi connectivity index (χ1) is 12.4. The average molecular weight is 356 g/mol. The summed E-state index contributed by atoms with van der Waals surface area (Å²) in [6.45, 7) is 3.62. The van der Waals surface area contributed by atoms with E-state index in [0.717, 1.165) is 5.69 Å². The highest BCUT2D eigenvalue weighted by molar-refractivity contribution is 6.14. The monoisotopic (exact) mass is 356 g/mol. The minimum atomic E-state index is -4.44. The molecule has 132 valence electrons. The molecule has 0 unspecified atom stereocenters. The fourth-order valence-corrected chi connectivity index (χ4v) is 3.26. The van der Waals surface area contributed by atoms with Gasteiger partial charge in [-0.2, -0.15) is 13.2 Å². The molecule has 3 heterocycles. The van der Waals surface area contributed by atoms with E-state index in [1.54, 1.807) is 36.7 Å². The maximum absolute atomic E-state index is 13.5. The van der Waals surface area contributed by atoms with Gasteiger partial charge in [0.05, 0.1) is 29.2 Å². The lowest BCUT2D eigenvalue weighted by atomic mass is 9.97. The molecule has 1 aliphatic heterocycles. The number of rotatable bonds is 1. The smallest absolute Gasteiger partial charge is 0.299 e. The number of aliphatic imine (C=N–C) groups is 1. The van der Waals surface area contributed by atoms with E-state index in [-0.39, 0.29) is 12.1 Å². The fourth-order valence-electron chi connectivity index (χ4n) is 3.26. The number of aryl methyl sites for hydroxylation is 2. The van der Waals surface area contributed by atoms with Gasteiger partial charge >= 0.3 is 6.18 Å². The standard InChI is InChI=1S/C19H15F3N4/c1-11-7-16-13(8-14(11)19(20,21)22)18(15-5-3-4-6-23-15)25-10-17-24-9-12(2)26(16)17/h3-9H,10H2,1-2H3. The highest BCUT2D eigenvalue weighted by Gasteiger charge is 2.34. The van der Waals surface area contributed by atoms with Gasteiger partial charge in [0.1, 0.15) is 5.82 Å². The Morgan fingerprint density at radius 2 is 1.88 bits per heavy atom. The van der Waals surface area contributed by atoms with Crippen molar-refractivity contribution >= 4 is 5.71 Å². The van der Waals surface area contributed by atoms with Crippen LogP contribution in [0.3, 0.4) is 0 Å². The first kappa shape index (κ1) is 16.5. The Labute approximate surface area is 148 Å². The number of hydrogen-bond donors (Lipinski definition) is 0. The Kier molecular flexibility index (Phi) is 3.68. The van der Waals surface area contributed by atoms with Crippen LogP contribution in [0.4, 0.5) is 13.2 Å². The van der Waals surface area contributed by atoms with Crippen LogP contribution in [0.1, 0.15) is 33.9 Å². The number of pyridine rings is 1. The molecule has 0 spiro atoms. The molecule has 0 aliphatic carbocycles. The molecule has 0 amide bonds. The van der Waals surface area contributed by atoms with Gasteiger partial charge in [-0.1, -0.05) is 6.07 Å². The minimum absolute atomic E-state index is 0.164. The quantitative estimate of drug-likeness (QED) is 0.654. The average Bonchev–Trinajstić information content (AvgIpc) is 2.88. The van der Waals surface area contributed by atoms with E-state index in [2.05, 4.69) is 15.0 Å². The van der Waals surface area contributed by atoms with Crippen molar-refractivity contribution in [3.05, 3.63) is 76.6 Å². The number of halogens is 3. The second-order valence-corrected chi connectivity index (χ2v) is 6.21. The molecule has 26 heavy (non-hydrogen) atoms. The molecular weight excluding hydrogens is 341 g/mol. The van der Waals surface area contributed by atoms with E-state index in [4.69, 9.17) is 0 Å². The summed E-state index contributed by atoms with van der Waals surface area (Å²) in [7, 11) is 0. The Hall–Kier alpha value is -2.96. The van der Waals surface area contributed by atoms with E-state index in [0.29, 0.717) is 28.5 Å². The third-order valence-corrected chi connectivity index (χ3v) is 4.44. The Balaban J connectivity index is 2.05. The predicted molar refractivity (Wildman–Crippen MR) is 91.6 cm³/mol. The van der Waals surface area contributed by atoms with Crippen LogP contribution in [-0.2, 0) is 12.7 Å². The van der Waals surface area contributed by atoms with Crippen LogP contribution in [0.2, 0.25) is 0 Å². The fraction of sp³-hybridized carbons (Fsp3) is 0.211. The highest BCUT2D eigenvalue weighted by Crippen LogP contribution is 2.36. The second kappa shape index (κ2) is 5.79. The molecule has 4 rings (SSSR count). The van der Waals surface area contributed by atoms with Crippen LogP contribution in [0.25, 0.3) is 5.69 Å². The molecule has 0 N–H and O–H groups in total. The van der Waals surface area contributed by atoms with Gasteiger partial charge in [-0.25, -0.2) is 4.98 Å². The molecule has 0 fully saturated rings. The molecule has 1 aliphatic rings. The third kappa shape index (κ3) is 2.60. The first-order valence-electron chi connectivity index (χ1n) is 8.08. The van der Waals surface area contributed by atoms with Gasteiger partial charge < -0.3 is 0 Å². The van der Waals surface area contributed by atoms with Crippen molar-refractivity contribution in [2.24, 2.45) is 4.99 Å². The van der Waals surface area contributed by atoms with Crippen LogP contribution >= 0.6 is 0 Å². The lowest BCUT2D eigenvalue weighted by Gasteiger charge is -2.18. The number of benzene rings is 1. The van der Waals surface area contributed by atoms with Crippen LogP contribution in [0, 0.1) is 13.8 Å². The lowest BCUT2D eigenvalue weighted by Crippen LogP contribution is -2.15. The molecule has 0 atom stereocenters. The molecule has 0 saturated carbocycles. The number of nitrogens with zero attached hydrogens (tertiary/aromatic N) is 4. The molecule has 0 bridgehead atoms. The van der Waals surface area contributed by atoms with Crippen molar-refractivity contribution in [1.82, 2.24) is 14.5 Å². The van der Waals surface area contributed by atoms with Gasteiger partial charge in [-0.15, -0.1) is 0 Å². The number of fused-ring (bicyclic) bond motifs is 3. The zero-order valence-corrected chi connectivity index (χ0v) is 14.2. The van der Waals surface area contributed by atoms with Gasteiger partial charge in [0, 0.05) is 23.7 Å². The Morgan fingerprint density at radius 1 is 1.08 bits per heavy atom. The van der Waals surface area contributed by atoms with Crippen molar-refractivity contribution in [3.8, 4) is 5.69 Å². The summed E-state index contributed by atoms with van der Waals surface area (Å²) < 4.78 is 42.3. The molecule has 7 heteroatoms. The van der Waals surface area contributed by atoms with Crippen molar-refractivity contribution in [2.45, 2.75) is 26.6 Å². The minimum Gasteiger partial charge on any atom is -0.299 e. The van der Waals surface area contributed by atoms with E-state index < -0.39 is 11.7 Å². The summed E-state index contributed by atoms with van der Waals surface area (Å²) in [4.78, 5) is 13.2. The first-order valence-corrected chi connectivity index (χ1v) is 8.08. The van der Waals surface area contributed by atoms with Crippen LogP contribution in [0.15, 0.2) is 47.7 Å². The highest BCUT2D eigenvalue weighted by atomic mass is 19.4. The Bertz CT molecular complexity index is 1020. The van der Waals surface area contributed by atoms with E-state index in [1.165, 1.54) is 13.0 Å². The summed E-state index contributed by atoms with van der Waals surface area (Å²) in [5, 5.41) is 0. The van der Waals surface area contributed by atoms with Gasteiger partial charge in [-0.05, 0) is 43.7 Å². The molecule has 2 aromatic heterocycles. The SMILES string of the molecule is Cc1cc2c(cc1C(F)(F)F)C(c1ccccn1)=NCc1ncc(C)n1-2. The van der Waals surface area contributed by atoms with Crippen LogP contribution < -0.4 is 0 Å². The van der Waals surface area contributed by atoms with Crippen molar-refractivity contribution in [3.63, 3.8) is 0 Å². The summed E-state index contributed by atoms with van der Waals surface area (Å²) in [6, 6.07) is 8.02. The number of alkyl halides is 3. The largest absolute Gasteiger partial charge is 0.416 e. The Morgan fingerprint density at radius 3 is 2.58 bits per heavy atom. The van der Waals surface area contributed by atoms with Crippen molar-refractivity contribution in [2.75, 3.05) is 0 Å². The third-order valence-electron chi connectivity index (χ3n) is 4.44. The molecule has 3 aromatic rings. The number of hydrogen-bond acceptors (Lipinski definition) is 3.